The Morgan fingerprint density at radius 2 is 0.754 bits per heavy atom. The predicted molar refractivity (Wildman–Crippen MR) is 290 cm³/mol. The molecule has 0 atom stereocenters. The molecule has 0 radical (unpaired) electrons. The van der Waals surface area contributed by atoms with Crippen LogP contribution in [0.5, 0.6) is 0 Å². The van der Waals surface area contributed by atoms with Gasteiger partial charge in [0.1, 0.15) is 0 Å². The number of fused-ring (bicyclic) bond motifs is 7. The second-order valence-electron chi connectivity index (χ2n) is 19.2. The molecule has 0 aromatic heterocycles. The second kappa shape index (κ2) is 16.1. The minimum Gasteiger partial charge on any atom is -0.310 e. The maximum atomic E-state index is 2.52. The maximum absolute atomic E-state index is 2.52. The molecule has 0 amide bonds. The highest BCUT2D eigenvalue weighted by Gasteiger charge is 2.46. The number of nitrogens with zero attached hydrogens (tertiary/aromatic N) is 1. The van der Waals surface area contributed by atoms with Crippen LogP contribution in [-0.2, 0) is 10.8 Å². The standard InChI is InChI=1S/C68H49N/c1-67(2)63-43-50(56-30-18-22-48-21-12-13-27-55(48)56)37-40-59(63)60-41-38-53(44-64(60)67)69(66-32-17-15-28-57(66)49-35-33-47(34-36-49)46-19-6-3-7-20-46)54-39-42-61-58-29-14-16-31-62(58)68(65(61)45-54,51-23-8-4-9-24-51)52-25-10-5-11-26-52/h3-45H,1-2H3. The largest absolute Gasteiger partial charge is 0.310 e. The van der Waals surface area contributed by atoms with Crippen LogP contribution in [-0.4, -0.2) is 0 Å². The van der Waals surface area contributed by atoms with Crippen molar-refractivity contribution >= 4 is 27.8 Å². The zero-order valence-corrected chi connectivity index (χ0v) is 38.8. The first-order valence-corrected chi connectivity index (χ1v) is 24.2. The van der Waals surface area contributed by atoms with E-state index in [4.69, 9.17) is 0 Å². The van der Waals surface area contributed by atoms with Gasteiger partial charge in [0.15, 0.2) is 0 Å². The second-order valence-corrected chi connectivity index (χ2v) is 19.2. The summed E-state index contributed by atoms with van der Waals surface area (Å²) in [6.45, 7) is 4.81. The van der Waals surface area contributed by atoms with Gasteiger partial charge in [-0.3, -0.25) is 0 Å². The highest BCUT2D eigenvalue weighted by atomic mass is 15.1. The Kier molecular flexibility index (Phi) is 9.49. The normalized spacial score (nSPS) is 13.6. The van der Waals surface area contributed by atoms with Crippen molar-refractivity contribution in [3.63, 3.8) is 0 Å². The fourth-order valence-electron chi connectivity index (χ4n) is 11.9. The van der Waals surface area contributed by atoms with E-state index in [1.807, 2.05) is 0 Å². The van der Waals surface area contributed by atoms with E-state index >= 15 is 0 Å². The van der Waals surface area contributed by atoms with Crippen LogP contribution in [0, 0.1) is 0 Å². The van der Waals surface area contributed by atoms with E-state index < -0.39 is 5.41 Å². The molecule has 2 aliphatic rings. The first-order valence-electron chi connectivity index (χ1n) is 24.2. The van der Waals surface area contributed by atoms with E-state index in [2.05, 4.69) is 280 Å². The quantitative estimate of drug-likeness (QED) is 0.147. The Morgan fingerprint density at radius 1 is 0.290 bits per heavy atom. The van der Waals surface area contributed by atoms with E-state index in [1.54, 1.807) is 0 Å². The first kappa shape index (κ1) is 40.7. The maximum Gasteiger partial charge on any atom is 0.0714 e. The van der Waals surface area contributed by atoms with Crippen molar-refractivity contribution in [2.75, 3.05) is 4.90 Å². The molecule has 1 heteroatoms. The van der Waals surface area contributed by atoms with Crippen molar-refractivity contribution in [2.24, 2.45) is 0 Å². The molecular weight excluding hydrogens is 831 g/mol. The van der Waals surface area contributed by atoms with Crippen molar-refractivity contribution in [3.8, 4) is 55.6 Å². The molecule has 0 aliphatic heterocycles. The van der Waals surface area contributed by atoms with E-state index in [-0.39, 0.29) is 5.41 Å². The third-order valence-corrected chi connectivity index (χ3v) is 15.2. The summed E-state index contributed by atoms with van der Waals surface area (Å²) in [6, 6.07) is 96.9. The number of anilines is 3. The van der Waals surface area contributed by atoms with E-state index in [1.165, 1.54) is 99.8 Å². The molecule has 0 saturated carbocycles. The molecule has 0 heterocycles. The first-order chi connectivity index (χ1) is 34.0. The number of hydrogen-bond acceptors (Lipinski definition) is 1. The van der Waals surface area contributed by atoms with Crippen molar-refractivity contribution in [3.05, 3.63) is 294 Å². The molecule has 0 saturated heterocycles. The van der Waals surface area contributed by atoms with Crippen LogP contribution in [0.4, 0.5) is 17.1 Å². The number of rotatable bonds is 8. The van der Waals surface area contributed by atoms with Crippen molar-refractivity contribution in [1.29, 1.82) is 0 Å². The van der Waals surface area contributed by atoms with Crippen LogP contribution in [0.1, 0.15) is 47.2 Å². The molecule has 2 aliphatic carbocycles. The Balaban J connectivity index is 1.01. The van der Waals surface area contributed by atoms with Crippen molar-refractivity contribution in [2.45, 2.75) is 24.7 Å². The lowest BCUT2D eigenvalue weighted by atomic mass is 9.67. The van der Waals surface area contributed by atoms with Gasteiger partial charge in [0.25, 0.3) is 0 Å². The fraction of sp³-hybridized carbons (Fsp3) is 0.0588. The highest BCUT2D eigenvalue weighted by molar-refractivity contribution is 5.98. The van der Waals surface area contributed by atoms with Gasteiger partial charge in [0.2, 0.25) is 0 Å². The van der Waals surface area contributed by atoms with Gasteiger partial charge in [-0.1, -0.05) is 238 Å². The molecule has 0 unspecified atom stereocenters. The molecule has 11 aromatic rings. The molecular formula is C68H49N. The molecule has 0 spiro atoms. The van der Waals surface area contributed by atoms with E-state index in [9.17, 15) is 0 Å². The van der Waals surface area contributed by atoms with Crippen LogP contribution < -0.4 is 4.90 Å². The molecule has 11 aromatic carbocycles. The molecule has 69 heavy (non-hydrogen) atoms. The average molecular weight is 880 g/mol. The number of hydrogen-bond donors (Lipinski definition) is 0. The number of benzene rings is 11. The number of para-hydroxylation sites is 1. The van der Waals surface area contributed by atoms with Gasteiger partial charge in [0.05, 0.1) is 11.1 Å². The fourth-order valence-corrected chi connectivity index (χ4v) is 11.9. The SMILES string of the molecule is CC1(C)c2cc(-c3cccc4ccccc34)ccc2-c2ccc(N(c3ccc4c(c3)C(c3ccccc3)(c3ccccc3)c3ccccc3-4)c3ccccc3-c3ccc(-c4ccccc4)cc3)cc21. The lowest BCUT2D eigenvalue weighted by molar-refractivity contribution is 0.660. The lowest BCUT2D eigenvalue weighted by Gasteiger charge is -2.35. The minimum absolute atomic E-state index is 0.255. The topological polar surface area (TPSA) is 3.24 Å². The third kappa shape index (κ3) is 6.38. The Hall–Kier alpha value is -8.52. The van der Waals surface area contributed by atoms with Crippen LogP contribution in [0.15, 0.2) is 261 Å². The lowest BCUT2D eigenvalue weighted by Crippen LogP contribution is -2.28. The molecule has 0 bridgehead atoms. The molecule has 1 nitrogen and oxygen atoms in total. The van der Waals surface area contributed by atoms with E-state index in [0.717, 1.165) is 17.1 Å². The molecule has 326 valence electrons. The van der Waals surface area contributed by atoms with Gasteiger partial charge in [-0.05, 0) is 131 Å². The van der Waals surface area contributed by atoms with Gasteiger partial charge in [-0.2, -0.15) is 0 Å². The zero-order valence-electron chi connectivity index (χ0n) is 38.8. The van der Waals surface area contributed by atoms with Crippen molar-refractivity contribution < 1.29 is 0 Å². The summed E-state index contributed by atoms with van der Waals surface area (Å²) in [5.41, 5.74) is 22.8. The van der Waals surface area contributed by atoms with Crippen LogP contribution in [0.2, 0.25) is 0 Å². The third-order valence-electron chi connectivity index (χ3n) is 15.2. The molecule has 13 rings (SSSR count). The summed E-state index contributed by atoms with van der Waals surface area (Å²) in [5.74, 6) is 0. The smallest absolute Gasteiger partial charge is 0.0714 e. The van der Waals surface area contributed by atoms with Crippen molar-refractivity contribution in [1.82, 2.24) is 0 Å². The van der Waals surface area contributed by atoms with Gasteiger partial charge in [0, 0.05) is 22.4 Å². The summed E-state index contributed by atoms with van der Waals surface area (Å²) in [6.07, 6.45) is 0. The van der Waals surface area contributed by atoms with Gasteiger partial charge >= 0.3 is 0 Å². The summed E-state index contributed by atoms with van der Waals surface area (Å²) in [7, 11) is 0. The average Bonchev–Trinajstić information content (AvgIpc) is 3.84. The van der Waals surface area contributed by atoms with Crippen LogP contribution >= 0.6 is 0 Å². The van der Waals surface area contributed by atoms with Crippen LogP contribution in [0.25, 0.3) is 66.4 Å². The summed E-state index contributed by atoms with van der Waals surface area (Å²) >= 11 is 0. The minimum atomic E-state index is -0.535. The Bertz CT molecular complexity index is 3690. The van der Waals surface area contributed by atoms with Gasteiger partial charge < -0.3 is 4.90 Å². The van der Waals surface area contributed by atoms with Gasteiger partial charge in [-0.15, -0.1) is 0 Å². The highest BCUT2D eigenvalue weighted by Crippen LogP contribution is 2.58. The van der Waals surface area contributed by atoms with Gasteiger partial charge in [-0.25, -0.2) is 0 Å². The van der Waals surface area contributed by atoms with E-state index in [0.29, 0.717) is 0 Å². The van der Waals surface area contributed by atoms with Crippen LogP contribution in [0.3, 0.4) is 0 Å². The summed E-state index contributed by atoms with van der Waals surface area (Å²) in [5, 5.41) is 2.54. The molecule has 0 fully saturated rings. The summed E-state index contributed by atoms with van der Waals surface area (Å²) in [4.78, 5) is 2.52. The predicted octanol–water partition coefficient (Wildman–Crippen LogP) is 18.0. The molecule has 0 N–H and O–H groups in total. The zero-order chi connectivity index (χ0) is 46.1. The Morgan fingerprint density at radius 3 is 1.46 bits per heavy atom. The summed E-state index contributed by atoms with van der Waals surface area (Å²) < 4.78 is 0. The Labute approximate surface area is 405 Å². The monoisotopic (exact) mass is 879 g/mol.